The van der Waals surface area contributed by atoms with Crippen molar-refractivity contribution >= 4 is 5.69 Å². The van der Waals surface area contributed by atoms with Gasteiger partial charge in [0.2, 0.25) is 0 Å². The van der Waals surface area contributed by atoms with Crippen molar-refractivity contribution in [2.75, 3.05) is 4.90 Å². The molecule has 0 N–H and O–H groups in total. The predicted molar refractivity (Wildman–Crippen MR) is 106 cm³/mol. The minimum absolute atomic E-state index is 0.0300. The molecule has 0 amide bonds. The van der Waals surface area contributed by atoms with E-state index in [0.29, 0.717) is 5.92 Å². The average molecular weight is 338 g/mol. The summed E-state index contributed by atoms with van der Waals surface area (Å²) in [5, 5.41) is 0. The molecule has 1 aliphatic carbocycles. The average Bonchev–Trinajstić information content (AvgIpc) is 3.26. The van der Waals surface area contributed by atoms with Crippen LogP contribution in [-0.2, 0) is 0 Å². The third-order valence-corrected chi connectivity index (χ3v) is 6.09. The Hall–Kier alpha value is -1.70. The summed E-state index contributed by atoms with van der Waals surface area (Å²) < 4.78 is 9.49. The van der Waals surface area contributed by atoms with E-state index in [1.165, 1.54) is 48.3 Å². The van der Waals surface area contributed by atoms with Gasteiger partial charge >= 0.3 is 0 Å². The summed E-state index contributed by atoms with van der Waals surface area (Å²) in [7, 11) is 0. The maximum Gasteiger partial charge on any atom is 0.111 e. The van der Waals surface area contributed by atoms with E-state index in [2.05, 4.69) is 80.8 Å². The van der Waals surface area contributed by atoms with E-state index in [0.717, 1.165) is 0 Å². The molecule has 0 bridgehead atoms. The number of rotatable bonds is 2. The highest BCUT2D eigenvalue weighted by Gasteiger charge is 2.49. The molecule has 3 aliphatic rings. The van der Waals surface area contributed by atoms with Crippen molar-refractivity contribution in [3.8, 4) is 0 Å². The standard InChI is InChI=1S/C23H32N2/c1-16-10-6-9-13-19(16)24-17(2)20-14-15-21(18-11-7-8-12-18)25(20)22(24)23(3,4)5/h6,9-10,13-15,18,21-22H,7-8,11-12H2,1-5H3/i21D. The van der Waals surface area contributed by atoms with Crippen LogP contribution in [-0.4, -0.2) is 17.1 Å². The summed E-state index contributed by atoms with van der Waals surface area (Å²) in [4.78, 5) is 4.93. The van der Waals surface area contributed by atoms with Crippen LogP contribution >= 0.6 is 0 Å². The van der Waals surface area contributed by atoms with Gasteiger partial charge in [0.25, 0.3) is 0 Å². The van der Waals surface area contributed by atoms with E-state index in [1.807, 2.05) is 0 Å². The Bertz CT molecular complexity index is 767. The molecular weight excluding hydrogens is 304 g/mol. The molecule has 2 aliphatic heterocycles. The molecule has 2 nitrogen and oxygen atoms in total. The van der Waals surface area contributed by atoms with Crippen molar-refractivity contribution in [3.63, 3.8) is 0 Å². The number of para-hydroxylation sites is 1. The molecule has 25 heavy (non-hydrogen) atoms. The van der Waals surface area contributed by atoms with Gasteiger partial charge in [0.05, 0.1) is 13.1 Å². The van der Waals surface area contributed by atoms with Gasteiger partial charge in [-0.2, -0.15) is 0 Å². The zero-order valence-electron chi connectivity index (χ0n) is 17.3. The highest BCUT2D eigenvalue weighted by atomic mass is 15.4. The first-order valence-corrected chi connectivity index (χ1v) is 9.79. The zero-order chi connectivity index (χ0) is 18.7. The molecule has 2 unspecified atom stereocenters. The number of nitrogens with zero attached hydrogens (tertiary/aromatic N) is 2. The molecule has 0 aromatic heterocycles. The molecule has 134 valence electrons. The third kappa shape index (κ3) is 2.61. The third-order valence-electron chi connectivity index (χ3n) is 6.09. The fraction of sp³-hybridized carbons (Fsp3) is 0.565. The summed E-state index contributed by atoms with van der Waals surface area (Å²) >= 11 is 0. The maximum atomic E-state index is 9.49. The van der Waals surface area contributed by atoms with Gasteiger partial charge < -0.3 is 9.80 Å². The lowest BCUT2D eigenvalue weighted by atomic mass is 9.88. The lowest BCUT2D eigenvalue weighted by Crippen LogP contribution is -2.52. The quantitative estimate of drug-likeness (QED) is 0.668. The van der Waals surface area contributed by atoms with Crippen LogP contribution in [0.2, 0.25) is 0 Å². The summed E-state index contributed by atoms with van der Waals surface area (Å²) in [6.45, 7) is 11.4. The van der Waals surface area contributed by atoms with Gasteiger partial charge in [-0.05, 0) is 50.3 Å². The topological polar surface area (TPSA) is 6.48 Å². The van der Waals surface area contributed by atoms with Crippen molar-refractivity contribution in [1.29, 1.82) is 0 Å². The van der Waals surface area contributed by atoms with Crippen LogP contribution in [0.1, 0.15) is 60.3 Å². The van der Waals surface area contributed by atoms with Crippen LogP contribution in [0.4, 0.5) is 5.69 Å². The van der Waals surface area contributed by atoms with Gasteiger partial charge in [0.1, 0.15) is 6.17 Å². The van der Waals surface area contributed by atoms with Gasteiger partial charge in [-0.15, -0.1) is 0 Å². The van der Waals surface area contributed by atoms with Gasteiger partial charge in [-0.1, -0.05) is 57.9 Å². The summed E-state index contributed by atoms with van der Waals surface area (Å²) in [6, 6.07) is 8.05. The minimum Gasteiger partial charge on any atom is -0.342 e. The van der Waals surface area contributed by atoms with Crippen molar-refractivity contribution in [3.05, 3.63) is 53.4 Å². The SMILES string of the molecule is [2H]C1(C2CCCC2)C=CC2=C(C)N(c3ccccc3C)C(C(C)(C)C)N21. The van der Waals surface area contributed by atoms with Crippen molar-refractivity contribution in [2.24, 2.45) is 11.3 Å². The summed E-state index contributed by atoms with van der Waals surface area (Å²) in [6.07, 6.45) is 9.45. The normalized spacial score (nSPS) is 30.4. The number of anilines is 1. The number of hydrogen-bond donors (Lipinski definition) is 0. The number of aryl methyl sites for hydroxylation is 1. The van der Waals surface area contributed by atoms with Crippen molar-refractivity contribution < 1.29 is 1.37 Å². The Morgan fingerprint density at radius 3 is 2.40 bits per heavy atom. The van der Waals surface area contributed by atoms with Gasteiger partial charge in [0, 0.05) is 16.8 Å². The maximum absolute atomic E-state index is 9.49. The predicted octanol–water partition coefficient (Wildman–Crippen LogP) is 5.85. The summed E-state index contributed by atoms with van der Waals surface area (Å²) in [5.41, 5.74) is 5.12. The monoisotopic (exact) mass is 337 g/mol. The molecule has 1 fully saturated rings. The number of fused-ring (bicyclic) bond motifs is 1. The molecule has 2 heteroatoms. The second kappa shape index (κ2) is 5.93. The number of benzene rings is 1. The van der Waals surface area contributed by atoms with Crippen LogP contribution in [0.3, 0.4) is 0 Å². The molecule has 0 radical (unpaired) electrons. The van der Waals surface area contributed by atoms with E-state index in [4.69, 9.17) is 0 Å². The highest BCUT2D eigenvalue weighted by molar-refractivity contribution is 5.63. The van der Waals surface area contributed by atoms with Crippen LogP contribution in [0.5, 0.6) is 0 Å². The Kier molecular flexibility index (Phi) is 3.69. The molecule has 0 spiro atoms. The van der Waals surface area contributed by atoms with E-state index in [-0.39, 0.29) is 11.6 Å². The second-order valence-electron chi connectivity index (χ2n) is 8.98. The van der Waals surface area contributed by atoms with Gasteiger partial charge in [-0.3, -0.25) is 0 Å². The van der Waals surface area contributed by atoms with Gasteiger partial charge in [-0.25, -0.2) is 0 Å². The van der Waals surface area contributed by atoms with E-state index >= 15 is 0 Å². The highest BCUT2D eigenvalue weighted by Crippen LogP contribution is 2.48. The largest absolute Gasteiger partial charge is 0.342 e. The van der Waals surface area contributed by atoms with Gasteiger partial charge in [0.15, 0.2) is 0 Å². The van der Waals surface area contributed by atoms with Crippen molar-refractivity contribution in [2.45, 2.75) is 72.5 Å². The van der Waals surface area contributed by atoms with Crippen LogP contribution in [0, 0.1) is 18.3 Å². The Morgan fingerprint density at radius 1 is 1.08 bits per heavy atom. The molecular formula is C23H32N2. The lowest BCUT2D eigenvalue weighted by molar-refractivity contribution is 0.114. The molecule has 2 heterocycles. The smallest absolute Gasteiger partial charge is 0.111 e. The number of hydrogen-bond acceptors (Lipinski definition) is 2. The van der Waals surface area contributed by atoms with E-state index in [1.54, 1.807) is 0 Å². The van der Waals surface area contributed by atoms with Crippen molar-refractivity contribution in [1.82, 2.24) is 4.90 Å². The first-order chi connectivity index (χ1) is 12.2. The molecule has 2 atom stereocenters. The first kappa shape index (κ1) is 15.5. The van der Waals surface area contributed by atoms with Crippen LogP contribution < -0.4 is 4.90 Å². The Morgan fingerprint density at radius 2 is 1.76 bits per heavy atom. The Labute approximate surface area is 154 Å². The van der Waals surface area contributed by atoms with E-state index in [9.17, 15) is 1.37 Å². The second-order valence-corrected chi connectivity index (χ2v) is 8.98. The number of allylic oxidation sites excluding steroid dienone is 2. The van der Waals surface area contributed by atoms with E-state index < -0.39 is 6.02 Å². The van der Waals surface area contributed by atoms with Crippen LogP contribution in [0.25, 0.3) is 0 Å². The molecule has 1 saturated carbocycles. The first-order valence-electron chi connectivity index (χ1n) is 10.3. The lowest BCUT2D eigenvalue weighted by Gasteiger charge is -2.45. The molecule has 0 saturated heterocycles. The fourth-order valence-electron chi connectivity index (χ4n) is 4.93. The Balaban J connectivity index is 1.85. The summed E-state index contributed by atoms with van der Waals surface area (Å²) in [5.74, 6) is 0.436. The van der Waals surface area contributed by atoms with Crippen LogP contribution in [0.15, 0.2) is 47.8 Å². The molecule has 1 aromatic carbocycles. The zero-order valence-corrected chi connectivity index (χ0v) is 16.3. The minimum atomic E-state index is -0.609. The molecule has 4 rings (SSSR count). The molecule has 1 aromatic rings. The fourth-order valence-corrected chi connectivity index (χ4v) is 4.93.